The molecule has 0 atom stereocenters. The third-order valence-corrected chi connectivity index (χ3v) is 4.09. The standard InChI is InChI=1S/C15H21N3O/c1-17-14-9-3-2-8-13(14)16-15(17)18(10-5-11-19)12-6-4-7-12/h2-3,8-9,12,19H,4-7,10-11H2,1H3. The van der Waals surface area contributed by atoms with E-state index in [9.17, 15) is 0 Å². The van der Waals surface area contributed by atoms with Crippen molar-refractivity contribution in [1.82, 2.24) is 9.55 Å². The summed E-state index contributed by atoms with van der Waals surface area (Å²) in [6.07, 6.45) is 4.60. The molecule has 1 heterocycles. The van der Waals surface area contributed by atoms with Crippen LogP contribution in [0.5, 0.6) is 0 Å². The molecule has 1 aromatic heterocycles. The highest BCUT2D eigenvalue weighted by Crippen LogP contribution is 2.30. The number of para-hydroxylation sites is 2. The minimum atomic E-state index is 0.243. The molecule has 3 rings (SSSR count). The fourth-order valence-corrected chi connectivity index (χ4v) is 2.77. The minimum Gasteiger partial charge on any atom is -0.396 e. The van der Waals surface area contributed by atoms with E-state index in [0.29, 0.717) is 6.04 Å². The highest BCUT2D eigenvalue weighted by atomic mass is 16.3. The molecule has 102 valence electrons. The first-order chi connectivity index (χ1) is 9.31. The van der Waals surface area contributed by atoms with E-state index >= 15 is 0 Å². The van der Waals surface area contributed by atoms with Gasteiger partial charge in [0.1, 0.15) is 0 Å². The van der Waals surface area contributed by atoms with Crippen molar-refractivity contribution in [2.45, 2.75) is 31.7 Å². The van der Waals surface area contributed by atoms with E-state index in [1.165, 1.54) is 24.8 Å². The molecule has 1 aromatic carbocycles. The lowest BCUT2D eigenvalue weighted by molar-refractivity contribution is 0.282. The Kier molecular flexibility index (Phi) is 3.42. The number of hydrogen-bond donors (Lipinski definition) is 1. The third-order valence-electron chi connectivity index (χ3n) is 4.09. The molecule has 1 aliphatic rings. The van der Waals surface area contributed by atoms with Gasteiger partial charge in [-0.15, -0.1) is 0 Å². The predicted molar refractivity (Wildman–Crippen MR) is 77.4 cm³/mol. The van der Waals surface area contributed by atoms with Crippen LogP contribution in [0.4, 0.5) is 5.95 Å². The first-order valence-electron chi connectivity index (χ1n) is 7.10. The zero-order chi connectivity index (χ0) is 13.2. The third kappa shape index (κ3) is 2.21. The predicted octanol–water partition coefficient (Wildman–Crippen LogP) is 2.31. The number of anilines is 1. The molecule has 19 heavy (non-hydrogen) atoms. The summed E-state index contributed by atoms with van der Waals surface area (Å²) in [5.41, 5.74) is 2.22. The van der Waals surface area contributed by atoms with Gasteiger partial charge in [0.15, 0.2) is 0 Å². The van der Waals surface area contributed by atoms with E-state index in [4.69, 9.17) is 10.1 Å². The van der Waals surface area contributed by atoms with Gasteiger partial charge in [-0.25, -0.2) is 4.98 Å². The molecule has 1 fully saturated rings. The number of aromatic nitrogens is 2. The van der Waals surface area contributed by atoms with Crippen molar-refractivity contribution in [3.8, 4) is 0 Å². The van der Waals surface area contributed by atoms with Gasteiger partial charge in [0.25, 0.3) is 0 Å². The van der Waals surface area contributed by atoms with E-state index < -0.39 is 0 Å². The van der Waals surface area contributed by atoms with Crippen LogP contribution in [0.3, 0.4) is 0 Å². The summed E-state index contributed by atoms with van der Waals surface area (Å²) < 4.78 is 2.17. The lowest BCUT2D eigenvalue weighted by Gasteiger charge is -2.38. The maximum atomic E-state index is 9.09. The summed E-state index contributed by atoms with van der Waals surface area (Å²) in [6.45, 7) is 1.13. The second kappa shape index (κ2) is 5.21. The van der Waals surface area contributed by atoms with E-state index in [-0.39, 0.29) is 6.61 Å². The van der Waals surface area contributed by atoms with Gasteiger partial charge in [-0.2, -0.15) is 0 Å². The Morgan fingerprint density at radius 1 is 1.37 bits per heavy atom. The molecule has 0 saturated heterocycles. The monoisotopic (exact) mass is 259 g/mol. The first kappa shape index (κ1) is 12.5. The fourth-order valence-electron chi connectivity index (χ4n) is 2.77. The van der Waals surface area contributed by atoms with E-state index in [0.717, 1.165) is 24.4 Å². The summed E-state index contributed by atoms with van der Waals surface area (Å²) in [5.74, 6) is 1.04. The zero-order valence-electron chi connectivity index (χ0n) is 11.4. The Hall–Kier alpha value is -1.55. The zero-order valence-corrected chi connectivity index (χ0v) is 11.4. The molecule has 1 saturated carbocycles. The number of aryl methyl sites for hydroxylation is 1. The Morgan fingerprint density at radius 2 is 2.16 bits per heavy atom. The number of benzene rings is 1. The molecule has 1 aliphatic carbocycles. The van der Waals surface area contributed by atoms with Crippen molar-refractivity contribution in [1.29, 1.82) is 0 Å². The maximum Gasteiger partial charge on any atom is 0.206 e. The molecule has 0 unspecified atom stereocenters. The average Bonchev–Trinajstić information content (AvgIpc) is 2.70. The summed E-state index contributed by atoms with van der Waals surface area (Å²) in [6, 6.07) is 8.85. The summed E-state index contributed by atoms with van der Waals surface area (Å²) in [7, 11) is 2.08. The molecule has 4 heteroatoms. The molecule has 0 spiro atoms. The van der Waals surface area contributed by atoms with E-state index in [2.05, 4.69) is 34.7 Å². The molecule has 1 N–H and O–H groups in total. The quantitative estimate of drug-likeness (QED) is 0.896. The lowest BCUT2D eigenvalue weighted by Crippen LogP contribution is -2.42. The van der Waals surface area contributed by atoms with Gasteiger partial charge < -0.3 is 14.6 Å². The molecule has 4 nitrogen and oxygen atoms in total. The molecular formula is C15H21N3O. The van der Waals surface area contributed by atoms with Crippen molar-refractivity contribution in [2.24, 2.45) is 7.05 Å². The van der Waals surface area contributed by atoms with Crippen molar-refractivity contribution in [3.63, 3.8) is 0 Å². The largest absolute Gasteiger partial charge is 0.396 e. The topological polar surface area (TPSA) is 41.3 Å². The second-order valence-electron chi connectivity index (χ2n) is 5.31. The molecule has 2 aromatic rings. The highest BCUT2D eigenvalue weighted by Gasteiger charge is 2.27. The molecule has 0 aliphatic heterocycles. The van der Waals surface area contributed by atoms with Crippen LogP contribution in [0, 0.1) is 0 Å². The van der Waals surface area contributed by atoms with E-state index in [1.807, 2.05) is 6.07 Å². The number of aliphatic hydroxyl groups excluding tert-OH is 1. The Balaban J connectivity index is 1.96. The molecule has 0 amide bonds. The second-order valence-corrected chi connectivity index (χ2v) is 5.31. The van der Waals surface area contributed by atoms with Crippen LogP contribution in [0.2, 0.25) is 0 Å². The van der Waals surface area contributed by atoms with Crippen LogP contribution in [-0.4, -0.2) is 33.9 Å². The van der Waals surface area contributed by atoms with Gasteiger partial charge in [0.2, 0.25) is 5.95 Å². The van der Waals surface area contributed by atoms with Crippen LogP contribution < -0.4 is 4.90 Å². The number of imidazole rings is 1. The van der Waals surface area contributed by atoms with Crippen molar-refractivity contribution in [2.75, 3.05) is 18.1 Å². The fraction of sp³-hybridized carbons (Fsp3) is 0.533. The normalized spacial score (nSPS) is 15.7. The van der Waals surface area contributed by atoms with E-state index in [1.54, 1.807) is 0 Å². The van der Waals surface area contributed by atoms with Crippen LogP contribution in [0.1, 0.15) is 25.7 Å². The van der Waals surface area contributed by atoms with Gasteiger partial charge in [-0.05, 0) is 37.8 Å². The van der Waals surface area contributed by atoms with Crippen LogP contribution in [-0.2, 0) is 7.05 Å². The number of aliphatic hydroxyl groups is 1. The van der Waals surface area contributed by atoms with Gasteiger partial charge in [-0.1, -0.05) is 12.1 Å². The number of nitrogens with zero attached hydrogens (tertiary/aromatic N) is 3. The van der Waals surface area contributed by atoms with Crippen molar-refractivity contribution < 1.29 is 5.11 Å². The van der Waals surface area contributed by atoms with Crippen LogP contribution in [0.25, 0.3) is 11.0 Å². The first-order valence-corrected chi connectivity index (χ1v) is 7.10. The smallest absolute Gasteiger partial charge is 0.206 e. The lowest BCUT2D eigenvalue weighted by atomic mass is 9.91. The average molecular weight is 259 g/mol. The van der Waals surface area contributed by atoms with Crippen LogP contribution >= 0.6 is 0 Å². The van der Waals surface area contributed by atoms with Crippen molar-refractivity contribution in [3.05, 3.63) is 24.3 Å². The number of rotatable bonds is 5. The number of hydrogen-bond acceptors (Lipinski definition) is 3. The van der Waals surface area contributed by atoms with Crippen molar-refractivity contribution >= 4 is 17.0 Å². The summed E-state index contributed by atoms with van der Waals surface area (Å²) in [4.78, 5) is 7.15. The van der Waals surface area contributed by atoms with Gasteiger partial charge >= 0.3 is 0 Å². The Bertz CT molecular complexity index is 560. The van der Waals surface area contributed by atoms with Gasteiger partial charge in [-0.3, -0.25) is 0 Å². The van der Waals surface area contributed by atoms with Crippen LogP contribution in [0.15, 0.2) is 24.3 Å². The van der Waals surface area contributed by atoms with Gasteiger partial charge in [0, 0.05) is 26.2 Å². The summed E-state index contributed by atoms with van der Waals surface area (Å²) in [5, 5.41) is 9.09. The number of fused-ring (bicyclic) bond motifs is 1. The molecule has 0 bridgehead atoms. The highest BCUT2D eigenvalue weighted by molar-refractivity contribution is 5.78. The maximum absolute atomic E-state index is 9.09. The molecular weight excluding hydrogens is 238 g/mol. The molecule has 0 radical (unpaired) electrons. The summed E-state index contributed by atoms with van der Waals surface area (Å²) >= 11 is 0. The van der Waals surface area contributed by atoms with Gasteiger partial charge in [0.05, 0.1) is 11.0 Å². The SMILES string of the molecule is Cn1c(N(CCCO)C2CCC2)nc2ccccc21. The minimum absolute atomic E-state index is 0.243. The Morgan fingerprint density at radius 3 is 2.79 bits per heavy atom. The Labute approximate surface area is 113 Å².